The molecule has 6 heteroatoms. The van der Waals surface area contributed by atoms with Gasteiger partial charge in [-0.2, -0.15) is 10.4 Å². The molecule has 35 heavy (non-hydrogen) atoms. The van der Waals surface area contributed by atoms with E-state index in [1.54, 1.807) is 0 Å². The zero-order valence-corrected chi connectivity index (χ0v) is 19.9. The lowest BCUT2D eigenvalue weighted by atomic mass is 9.95. The molecule has 1 aliphatic rings. The van der Waals surface area contributed by atoms with Crippen LogP contribution < -0.4 is 5.32 Å². The van der Waals surface area contributed by atoms with Gasteiger partial charge in [0, 0.05) is 41.7 Å². The van der Waals surface area contributed by atoms with Gasteiger partial charge in [-0.1, -0.05) is 18.2 Å². The lowest BCUT2D eigenvalue weighted by Crippen LogP contribution is -2.15. The number of nitrogens with zero attached hydrogens (tertiary/aromatic N) is 5. The van der Waals surface area contributed by atoms with Crippen molar-refractivity contribution in [2.24, 2.45) is 13.0 Å². The van der Waals surface area contributed by atoms with Crippen molar-refractivity contribution in [1.29, 1.82) is 5.26 Å². The van der Waals surface area contributed by atoms with Gasteiger partial charge in [0.2, 0.25) is 0 Å². The third-order valence-corrected chi connectivity index (χ3v) is 7.30. The molecule has 0 aliphatic carbocycles. The van der Waals surface area contributed by atoms with Gasteiger partial charge in [0.15, 0.2) is 0 Å². The lowest BCUT2D eigenvalue weighted by Gasteiger charge is -2.17. The van der Waals surface area contributed by atoms with E-state index in [-0.39, 0.29) is 0 Å². The highest BCUT2D eigenvalue weighted by atomic mass is 15.2. The summed E-state index contributed by atoms with van der Waals surface area (Å²) in [7, 11) is 1.96. The monoisotopic (exact) mass is 460 g/mol. The standard InChI is InChI=1S/C29H28N6/c1-34-26-9-8-23(15-24(26)17-33-34)29-28(22-6-4-20(16-30)5-7-22)25-11-14-35(27(25)18-32-29)19-21-3-2-12-31-13-10-21/h4-9,11,14-15,17-18,21,31H,2-3,10,12-13,19H2,1H3. The predicted molar refractivity (Wildman–Crippen MR) is 140 cm³/mol. The van der Waals surface area contributed by atoms with Crippen LogP contribution in [0.2, 0.25) is 0 Å². The quantitative estimate of drug-likeness (QED) is 0.383. The fourth-order valence-electron chi connectivity index (χ4n) is 5.40. The van der Waals surface area contributed by atoms with Gasteiger partial charge in [-0.05, 0) is 74.2 Å². The van der Waals surface area contributed by atoms with Crippen LogP contribution in [-0.2, 0) is 13.6 Å². The number of hydrogen-bond acceptors (Lipinski definition) is 4. The summed E-state index contributed by atoms with van der Waals surface area (Å²) in [5.74, 6) is 0.673. The van der Waals surface area contributed by atoms with Gasteiger partial charge in [-0.3, -0.25) is 9.67 Å². The van der Waals surface area contributed by atoms with Gasteiger partial charge in [0.05, 0.1) is 40.8 Å². The second-order valence-corrected chi connectivity index (χ2v) is 9.53. The fourth-order valence-corrected chi connectivity index (χ4v) is 5.40. The Bertz CT molecular complexity index is 1540. The molecule has 5 aromatic rings. The third-order valence-electron chi connectivity index (χ3n) is 7.30. The first-order chi connectivity index (χ1) is 17.2. The summed E-state index contributed by atoms with van der Waals surface area (Å²) >= 11 is 0. The van der Waals surface area contributed by atoms with E-state index in [0.29, 0.717) is 11.5 Å². The highest BCUT2D eigenvalue weighted by Gasteiger charge is 2.19. The van der Waals surface area contributed by atoms with E-state index in [1.807, 2.05) is 48.4 Å². The van der Waals surface area contributed by atoms with Gasteiger partial charge in [-0.25, -0.2) is 0 Å². The van der Waals surface area contributed by atoms with Gasteiger partial charge in [0.1, 0.15) is 0 Å². The van der Waals surface area contributed by atoms with E-state index < -0.39 is 0 Å². The second kappa shape index (κ2) is 9.01. The van der Waals surface area contributed by atoms with Crippen molar-refractivity contribution in [3.8, 4) is 28.5 Å². The fraction of sp³-hybridized carbons (Fsp3) is 0.276. The maximum Gasteiger partial charge on any atom is 0.0991 e. The summed E-state index contributed by atoms with van der Waals surface area (Å²) in [6, 6.07) is 18.7. The molecule has 1 N–H and O–H groups in total. The summed E-state index contributed by atoms with van der Waals surface area (Å²) in [6.45, 7) is 3.23. The van der Waals surface area contributed by atoms with Gasteiger partial charge >= 0.3 is 0 Å². The predicted octanol–water partition coefficient (Wildman–Crippen LogP) is 5.52. The van der Waals surface area contributed by atoms with E-state index in [2.05, 4.69) is 51.5 Å². The minimum absolute atomic E-state index is 0.659. The van der Waals surface area contributed by atoms with E-state index >= 15 is 0 Å². The van der Waals surface area contributed by atoms with Crippen LogP contribution in [0.15, 0.2) is 67.1 Å². The van der Waals surface area contributed by atoms with Crippen molar-refractivity contribution in [2.75, 3.05) is 13.1 Å². The molecule has 1 unspecified atom stereocenters. The average Bonchev–Trinajstić information content (AvgIpc) is 3.37. The van der Waals surface area contributed by atoms with Crippen LogP contribution in [0.25, 0.3) is 44.2 Å². The first-order valence-electron chi connectivity index (χ1n) is 12.3. The van der Waals surface area contributed by atoms with Gasteiger partial charge in [0.25, 0.3) is 0 Å². The van der Waals surface area contributed by atoms with Gasteiger partial charge in [-0.15, -0.1) is 0 Å². The van der Waals surface area contributed by atoms with Crippen LogP contribution in [0.5, 0.6) is 0 Å². The van der Waals surface area contributed by atoms with Crippen LogP contribution in [0.1, 0.15) is 24.8 Å². The first kappa shape index (κ1) is 21.6. The number of nitrogens with one attached hydrogen (secondary N) is 1. The van der Waals surface area contributed by atoms with Crippen LogP contribution >= 0.6 is 0 Å². The molecule has 6 rings (SSSR count). The van der Waals surface area contributed by atoms with Crippen LogP contribution in [0.3, 0.4) is 0 Å². The first-order valence-corrected chi connectivity index (χ1v) is 12.3. The molecule has 4 heterocycles. The minimum atomic E-state index is 0.659. The molecule has 0 radical (unpaired) electrons. The molecule has 1 fully saturated rings. The molecule has 174 valence electrons. The van der Waals surface area contributed by atoms with E-state index in [9.17, 15) is 5.26 Å². The Labute approximate surface area is 204 Å². The zero-order valence-electron chi connectivity index (χ0n) is 19.9. The summed E-state index contributed by atoms with van der Waals surface area (Å²) in [5, 5.41) is 19.5. The Morgan fingerprint density at radius 1 is 1.00 bits per heavy atom. The average molecular weight is 461 g/mol. The maximum absolute atomic E-state index is 9.31. The molecule has 0 spiro atoms. The highest BCUT2D eigenvalue weighted by Crippen LogP contribution is 2.38. The summed E-state index contributed by atoms with van der Waals surface area (Å²) in [4.78, 5) is 5.03. The number of aryl methyl sites for hydroxylation is 1. The number of hydrogen-bond donors (Lipinski definition) is 1. The van der Waals surface area contributed by atoms with Crippen molar-refractivity contribution in [3.63, 3.8) is 0 Å². The number of fused-ring (bicyclic) bond motifs is 2. The minimum Gasteiger partial charge on any atom is -0.346 e. The molecular formula is C29H28N6. The Balaban J connectivity index is 1.50. The summed E-state index contributed by atoms with van der Waals surface area (Å²) in [5.41, 5.74) is 7.10. The number of aromatic nitrogens is 4. The van der Waals surface area contributed by atoms with Crippen molar-refractivity contribution in [1.82, 2.24) is 24.6 Å². The molecule has 1 saturated heterocycles. The summed E-state index contributed by atoms with van der Waals surface area (Å²) < 4.78 is 4.26. The molecule has 6 nitrogen and oxygen atoms in total. The highest BCUT2D eigenvalue weighted by molar-refractivity contribution is 6.02. The molecular weight excluding hydrogens is 432 g/mol. The van der Waals surface area contributed by atoms with Gasteiger partial charge < -0.3 is 9.88 Å². The number of nitriles is 1. The number of pyridine rings is 1. The van der Waals surface area contributed by atoms with E-state index in [1.165, 1.54) is 24.6 Å². The number of rotatable bonds is 4. The zero-order chi connectivity index (χ0) is 23.8. The molecule has 3 aromatic heterocycles. The SMILES string of the molecule is Cn1ncc2cc(-c3ncc4c(ccn4CC4CCCNCC4)c3-c3ccc(C#N)cc3)ccc21. The van der Waals surface area contributed by atoms with Crippen LogP contribution in [0, 0.1) is 17.2 Å². The summed E-state index contributed by atoms with van der Waals surface area (Å²) in [6.07, 6.45) is 9.84. The molecule has 1 atom stereocenters. The topological polar surface area (TPSA) is 71.5 Å². The molecule has 1 aliphatic heterocycles. The lowest BCUT2D eigenvalue weighted by molar-refractivity contribution is 0.410. The van der Waals surface area contributed by atoms with Crippen molar-refractivity contribution < 1.29 is 0 Å². The maximum atomic E-state index is 9.31. The van der Waals surface area contributed by atoms with Crippen molar-refractivity contribution >= 4 is 21.8 Å². The normalized spacial score (nSPS) is 16.4. The second-order valence-electron chi connectivity index (χ2n) is 9.53. The largest absolute Gasteiger partial charge is 0.346 e. The van der Waals surface area contributed by atoms with Crippen LogP contribution in [0.4, 0.5) is 0 Å². The Morgan fingerprint density at radius 2 is 1.86 bits per heavy atom. The molecule has 2 aromatic carbocycles. The van der Waals surface area contributed by atoms with Crippen molar-refractivity contribution in [2.45, 2.75) is 25.8 Å². The van der Waals surface area contributed by atoms with Crippen molar-refractivity contribution in [3.05, 3.63) is 72.7 Å². The van der Waals surface area contributed by atoms with E-state index in [0.717, 1.165) is 58.4 Å². The number of benzene rings is 2. The Morgan fingerprint density at radius 3 is 2.71 bits per heavy atom. The molecule has 0 bridgehead atoms. The Kier molecular flexibility index (Phi) is 5.55. The van der Waals surface area contributed by atoms with E-state index in [4.69, 9.17) is 4.98 Å². The molecule has 0 amide bonds. The van der Waals surface area contributed by atoms with Crippen LogP contribution in [-0.4, -0.2) is 32.4 Å². The molecule has 0 saturated carbocycles. The third kappa shape index (κ3) is 3.98. The Hall–Kier alpha value is -3.95. The smallest absolute Gasteiger partial charge is 0.0991 e.